The Bertz CT molecular complexity index is 547. The van der Waals surface area contributed by atoms with Crippen LogP contribution in [0.3, 0.4) is 0 Å². The number of halogens is 2. The average molecular weight is 296 g/mol. The minimum absolute atomic E-state index is 0.319. The van der Waals surface area contributed by atoms with Crippen LogP contribution in [-0.4, -0.2) is 6.54 Å². The summed E-state index contributed by atoms with van der Waals surface area (Å²) in [5.41, 5.74) is 0.444. The molecular formula is C16H19ClFNO. The zero-order chi connectivity index (χ0) is 14.5. The lowest BCUT2D eigenvalue weighted by Gasteiger charge is -2.18. The number of hydrogen-bond acceptors (Lipinski definition) is 2. The number of benzene rings is 1. The highest BCUT2D eigenvalue weighted by Gasteiger charge is 2.23. The fourth-order valence-corrected chi connectivity index (χ4v) is 2.43. The van der Waals surface area contributed by atoms with Crippen molar-refractivity contribution in [2.24, 2.45) is 0 Å². The Balaban J connectivity index is 2.41. The Labute approximate surface area is 123 Å². The van der Waals surface area contributed by atoms with Gasteiger partial charge in [0.25, 0.3) is 0 Å². The van der Waals surface area contributed by atoms with E-state index in [4.69, 9.17) is 16.0 Å². The molecule has 0 saturated heterocycles. The summed E-state index contributed by atoms with van der Waals surface area (Å²) in [6.07, 6.45) is 1.76. The van der Waals surface area contributed by atoms with Crippen LogP contribution >= 0.6 is 11.6 Å². The fourth-order valence-electron chi connectivity index (χ4n) is 2.16. The molecule has 0 amide bonds. The van der Waals surface area contributed by atoms with E-state index >= 15 is 0 Å². The second kappa shape index (κ2) is 6.91. The number of hydrogen-bond donors (Lipinski definition) is 1. The number of furan rings is 1. The van der Waals surface area contributed by atoms with Crippen LogP contribution < -0.4 is 5.32 Å². The maximum atomic E-state index is 14.1. The third-order valence-corrected chi connectivity index (χ3v) is 3.53. The normalized spacial score (nSPS) is 12.6. The van der Waals surface area contributed by atoms with Crippen molar-refractivity contribution < 1.29 is 8.81 Å². The Kier molecular flexibility index (Phi) is 5.21. The van der Waals surface area contributed by atoms with E-state index < -0.39 is 0 Å². The largest absolute Gasteiger partial charge is 0.464 e. The first-order chi connectivity index (χ1) is 9.67. The third-order valence-electron chi connectivity index (χ3n) is 3.20. The molecule has 1 unspecified atom stereocenters. The Hall–Kier alpha value is -1.32. The van der Waals surface area contributed by atoms with E-state index in [1.54, 1.807) is 12.1 Å². The molecule has 0 saturated carbocycles. The molecule has 0 radical (unpaired) electrons. The summed E-state index contributed by atoms with van der Waals surface area (Å²) in [6, 6.07) is 8.18. The Morgan fingerprint density at radius 3 is 2.65 bits per heavy atom. The second-order valence-corrected chi connectivity index (χ2v) is 5.09. The average Bonchev–Trinajstić information content (AvgIpc) is 2.90. The van der Waals surface area contributed by atoms with Gasteiger partial charge >= 0.3 is 0 Å². The summed E-state index contributed by atoms with van der Waals surface area (Å²) >= 11 is 6.17. The monoisotopic (exact) mass is 295 g/mol. The van der Waals surface area contributed by atoms with Gasteiger partial charge in [-0.3, -0.25) is 0 Å². The highest BCUT2D eigenvalue weighted by molar-refractivity contribution is 6.31. The first-order valence-corrected chi connectivity index (χ1v) is 7.31. The predicted octanol–water partition coefficient (Wildman–Crippen LogP) is 4.72. The van der Waals surface area contributed by atoms with Gasteiger partial charge in [0.05, 0.1) is 6.04 Å². The van der Waals surface area contributed by atoms with Crippen molar-refractivity contribution in [1.29, 1.82) is 0 Å². The number of nitrogens with one attached hydrogen (secondary N) is 1. The van der Waals surface area contributed by atoms with Crippen molar-refractivity contribution in [2.45, 2.75) is 32.7 Å². The van der Waals surface area contributed by atoms with E-state index in [9.17, 15) is 4.39 Å². The highest BCUT2D eigenvalue weighted by atomic mass is 35.5. The summed E-state index contributed by atoms with van der Waals surface area (Å²) in [7, 11) is 0. The Morgan fingerprint density at radius 2 is 2.05 bits per heavy atom. The zero-order valence-electron chi connectivity index (χ0n) is 11.7. The van der Waals surface area contributed by atoms with Gasteiger partial charge in [-0.05, 0) is 37.2 Å². The first-order valence-electron chi connectivity index (χ1n) is 6.93. The van der Waals surface area contributed by atoms with Crippen molar-refractivity contribution in [2.75, 3.05) is 6.54 Å². The van der Waals surface area contributed by atoms with Gasteiger partial charge in [0.1, 0.15) is 17.3 Å². The number of aryl methyl sites for hydroxylation is 1. The summed E-state index contributed by atoms with van der Waals surface area (Å²) in [6.45, 7) is 4.84. The van der Waals surface area contributed by atoms with Crippen LogP contribution in [0.15, 0.2) is 34.7 Å². The molecule has 2 nitrogen and oxygen atoms in total. The molecule has 0 aliphatic heterocycles. The molecule has 1 heterocycles. The molecule has 4 heteroatoms. The summed E-state index contributed by atoms with van der Waals surface area (Å²) in [5, 5.41) is 3.71. The van der Waals surface area contributed by atoms with Gasteiger partial charge in [-0.15, -0.1) is 0 Å². The van der Waals surface area contributed by atoms with Gasteiger partial charge in [-0.1, -0.05) is 31.5 Å². The van der Waals surface area contributed by atoms with Crippen LogP contribution in [0.2, 0.25) is 5.02 Å². The Morgan fingerprint density at radius 1 is 1.25 bits per heavy atom. The van der Waals surface area contributed by atoms with E-state index in [1.165, 1.54) is 6.07 Å². The van der Waals surface area contributed by atoms with Crippen molar-refractivity contribution in [3.8, 4) is 0 Å². The molecule has 0 fully saturated rings. The predicted molar refractivity (Wildman–Crippen MR) is 79.6 cm³/mol. The van der Waals surface area contributed by atoms with E-state index in [0.717, 1.165) is 25.1 Å². The molecule has 0 spiro atoms. The van der Waals surface area contributed by atoms with E-state index in [2.05, 4.69) is 12.2 Å². The van der Waals surface area contributed by atoms with Gasteiger partial charge in [0, 0.05) is 17.0 Å². The molecular weight excluding hydrogens is 277 g/mol. The van der Waals surface area contributed by atoms with E-state index in [0.29, 0.717) is 16.3 Å². The molecule has 2 aromatic rings. The second-order valence-electron chi connectivity index (χ2n) is 4.68. The SMILES string of the molecule is CCCNC(c1ccc(CC)o1)c1c(F)cccc1Cl. The van der Waals surface area contributed by atoms with Crippen molar-refractivity contribution >= 4 is 11.6 Å². The molecule has 108 valence electrons. The van der Waals surface area contributed by atoms with Crippen molar-refractivity contribution in [3.05, 3.63) is 58.3 Å². The number of rotatable bonds is 6. The molecule has 1 N–H and O–H groups in total. The molecule has 1 aromatic carbocycles. The maximum Gasteiger partial charge on any atom is 0.129 e. The molecule has 2 rings (SSSR count). The lowest BCUT2D eigenvalue weighted by Crippen LogP contribution is -2.24. The van der Waals surface area contributed by atoms with Gasteiger partial charge in [0.15, 0.2) is 0 Å². The van der Waals surface area contributed by atoms with Crippen molar-refractivity contribution in [1.82, 2.24) is 5.32 Å². The van der Waals surface area contributed by atoms with Crippen LogP contribution in [-0.2, 0) is 6.42 Å². The highest BCUT2D eigenvalue weighted by Crippen LogP contribution is 2.31. The van der Waals surface area contributed by atoms with Gasteiger partial charge in [0.2, 0.25) is 0 Å². The van der Waals surface area contributed by atoms with Crippen LogP contribution in [0.1, 0.15) is 43.4 Å². The van der Waals surface area contributed by atoms with Crippen LogP contribution in [0.5, 0.6) is 0 Å². The maximum absolute atomic E-state index is 14.1. The fraction of sp³-hybridized carbons (Fsp3) is 0.375. The van der Waals surface area contributed by atoms with Gasteiger partial charge in [-0.2, -0.15) is 0 Å². The summed E-state index contributed by atoms with van der Waals surface area (Å²) in [5.74, 6) is 1.26. The first kappa shape index (κ1) is 15.1. The standard InChI is InChI=1S/C16H19ClFNO/c1-3-10-19-16(14-9-8-11(4-2)20-14)15-12(17)6-5-7-13(15)18/h5-9,16,19H,3-4,10H2,1-2H3. The molecule has 0 aliphatic rings. The van der Waals surface area contributed by atoms with Gasteiger partial charge < -0.3 is 9.73 Å². The van der Waals surface area contributed by atoms with Crippen LogP contribution in [0.25, 0.3) is 0 Å². The molecule has 1 aromatic heterocycles. The lowest BCUT2D eigenvalue weighted by atomic mass is 10.0. The molecule has 1 atom stereocenters. The minimum atomic E-state index is -0.357. The summed E-state index contributed by atoms with van der Waals surface area (Å²) in [4.78, 5) is 0. The van der Waals surface area contributed by atoms with E-state index in [-0.39, 0.29) is 11.9 Å². The molecule has 0 aliphatic carbocycles. The quantitative estimate of drug-likeness (QED) is 0.834. The summed E-state index contributed by atoms with van der Waals surface area (Å²) < 4.78 is 19.9. The van der Waals surface area contributed by atoms with E-state index in [1.807, 2.05) is 19.1 Å². The molecule has 20 heavy (non-hydrogen) atoms. The van der Waals surface area contributed by atoms with Crippen LogP contribution in [0, 0.1) is 5.82 Å². The smallest absolute Gasteiger partial charge is 0.129 e. The molecule has 0 bridgehead atoms. The zero-order valence-corrected chi connectivity index (χ0v) is 12.5. The van der Waals surface area contributed by atoms with Crippen molar-refractivity contribution in [3.63, 3.8) is 0 Å². The topological polar surface area (TPSA) is 25.2 Å². The minimum Gasteiger partial charge on any atom is -0.464 e. The third kappa shape index (κ3) is 3.22. The van der Waals surface area contributed by atoms with Gasteiger partial charge in [-0.25, -0.2) is 4.39 Å². The lowest BCUT2D eigenvalue weighted by molar-refractivity contribution is 0.414. The van der Waals surface area contributed by atoms with Crippen LogP contribution in [0.4, 0.5) is 4.39 Å².